The molecule has 2 aromatic carbocycles. The number of carbonyl (C=O) groups is 1. The molecule has 2 rings (SSSR count). The minimum Gasteiger partial charge on any atom is -0.349 e. The molecule has 0 fully saturated rings. The van der Waals surface area contributed by atoms with Crippen molar-refractivity contribution in [1.29, 1.82) is 0 Å². The van der Waals surface area contributed by atoms with E-state index in [0.29, 0.717) is 5.69 Å². The van der Waals surface area contributed by atoms with Crippen molar-refractivity contribution in [3.63, 3.8) is 0 Å². The number of rotatable bonds is 7. The fourth-order valence-electron chi connectivity index (χ4n) is 2.51. The molecule has 0 aliphatic heterocycles. The Bertz CT molecular complexity index is 863. The summed E-state index contributed by atoms with van der Waals surface area (Å²) >= 11 is 0. The van der Waals surface area contributed by atoms with Gasteiger partial charge in [0.25, 0.3) is 15.9 Å². The molecule has 140 valence electrons. The molecule has 1 N–H and O–H groups in total. The third kappa shape index (κ3) is 4.40. The van der Waals surface area contributed by atoms with Crippen LogP contribution in [0.2, 0.25) is 0 Å². The normalized spacial score (nSPS) is 11.4. The lowest BCUT2D eigenvalue weighted by Gasteiger charge is -2.20. The largest absolute Gasteiger partial charge is 0.349 e. The average molecular weight is 378 g/mol. The van der Waals surface area contributed by atoms with Gasteiger partial charge in [0.1, 0.15) is 5.82 Å². The number of amides is 1. The highest BCUT2D eigenvalue weighted by molar-refractivity contribution is 7.92. The summed E-state index contributed by atoms with van der Waals surface area (Å²) in [4.78, 5) is 12.4. The van der Waals surface area contributed by atoms with E-state index in [1.807, 2.05) is 13.8 Å². The van der Waals surface area contributed by atoms with E-state index in [-0.39, 0.29) is 22.4 Å². The van der Waals surface area contributed by atoms with E-state index >= 15 is 0 Å². The first-order chi connectivity index (χ1) is 12.3. The average Bonchev–Trinajstić information content (AvgIpc) is 2.66. The Morgan fingerprint density at radius 2 is 1.73 bits per heavy atom. The summed E-state index contributed by atoms with van der Waals surface area (Å²) in [6.45, 7) is 3.96. The summed E-state index contributed by atoms with van der Waals surface area (Å²) in [5.41, 5.74) is 0.615. The standard InChI is InChI=1S/C19H23FN2O3S/c1-4-16(5-2)21-19(23)14-7-6-8-18(13-14)26(24,25)22(3)17-11-9-15(20)10-12-17/h6-13,16H,4-5H2,1-3H3,(H,21,23). The Kier molecular flexibility index (Phi) is 6.37. The van der Waals surface area contributed by atoms with E-state index in [4.69, 9.17) is 0 Å². The second kappa shape index (κ2) is 8.31. The monoisotopic (exact) mass is 378 g/mol. The number of sulfonamides is 1. The Labute approximate surface area is 153 Å². The lowest BCUT2D eigenvalue weighted by Crippen LogP contribution is -2.34. The van der Waals surface area contributed by atoms with Crippen LogP contribution in [0.25, 0.3) is 0 Å². The summed E-state index contributed by atoms with van der Waals surface area (Å²) < 4.78 is 39.8. The molecule has 5 nitrogen and oxygen atoms in total. The summed E-state index contributed by atoms with van der Waals surface area (Å²) in [5.74, 6) is -0.750. The molecule has 1 amide bonds. The second-order valence-electron chi connectivity index (χ2n) is 5.96. The third-order valence-corrected chi connectivity index (χ3v) is 6.05. The van der Waals surface area contributed by atoms with Crippen LogP contribution in [0.1, 0.15) is 37.0 Å². The predicted octanol–water partition coefficient (Wildman–Crippen LogP) is 3.57. The first kappa shape index (κ1) is 19.9. The molecule has 2 aromatic rings. The highest BCUT2D eigenvalue weighted by Gasteiger charge is 2.22. The number of halogens is 1. The first-order valence-corrected chi connectivity index (χ1v) is 9.89. The van der Waals surface area contributed by atoms with Gasteiger partial charge in [0.15, 0.2) is 0 Å². The van der Waals surface area contributed by atoms with E-state index in [0.717, 1.165) is 17.1 Å². The molecule has 0 saturated carbocycles. The minimum absolute atomic E-state index is 0.00141. The van der Waals surface area contributed by atoms with Gasteiger partial charge in [0.05, 0.1) is 10.6 Å². The summed E-state index contributed by atoms with van der Waals surface area (Å²) in [7, 11) is -2.48. The third-order valence-electron chi connectivity index (χ3n) is 4.27. The minimum atomic E-state index is -3.87. The van der Waals surface area contributed by atoms with Crippen molar-refractivity contribution in [1.82, 2.24) is 5.32 Å². The Balaban J connectivity index is 2.30. The van der Waals surface area contributed by atoms with Crippen molar-refractivity contribution in [3.8, 4) is 0 Å². The summed E-state index contributed by atoms with van der Waals surface area (Å²) in [6, 6.07) is 11.1. The maximum atomic E-state index is 13.1. The number of benzene rings is 2. The van der Waals surface area contributed by atoms with Crippen LogP contribution in [0.4, 0.5) is 10.1 Å². The van der Waals surface area contributed by atoms with Crippen molar-refractivity contribution in [2.45, 2.75) is 37.6 Å². The van der Waals surface area contributed by atoms with Gasteiger partial charge in [0.2, 0.25) is 0 Å². The zero-order valence-electron chi connectivity index (χ0n) is 15.1. The molecule has 0 heterocycles. The molecular formula is C19H23FN2O3S. The van der Waals surface area contributed by atoms with Crippen molar-refractivity contribution < 1.29 is 17.6 Å². The highest BCUT2D eigenvalue weighted by atomic mass is 32.2. The quantitative estimate of drug-likeness (QED) is 0.801. The Morgan fingerprint density at radius 1 is 1.12 bits per heavy atom. The van der Waals surface area contributed by atoms with E-state index in [1.165, 1.54) is 49.5 Å². The van der Waals surface area contributed by atoms with Gasteiger partial charge in [-0.3, -0.25) is 9.10 Å². The number of anilines is 1. The van der Waals surface area contributed by atoms with Crippen LogP contribution in [-0.2, 0) is 10.0 Å². The molecule has 0 atom stereocenters. The van der Waals surface area contributed by atoms with Gasteiger partial charge in [-0.05, 0) is 55.3 Å². The Hall–Kier alpha value is -2.41. The summed E-state index contributed by atoms with van der Waals surface area (Å²) in [6.07, 6.45) is 1.60. The molecule has 26 heavy (non-hydrogen) atoms. The first-order valence-electron chi connectivity index (χ1n) is 8.45. The van der Waals surface area contributed by atoms with Gasteiger partial charge in [-0.2, -0.15) is 0 Å². The number of nitrogens with one attached hydrogen (secondary N) is 1. The van der Waals surface area contributed by atoms with Crippen LogP contribution in [0.5, 0.6) is 0 Å². The van der Waals surface area contributed by atoms with Gasteiger partial charge in [-0.1, -0.05) is 19.9 Å². The van der Waals surface area contributed by atoms with Crippen LogP contribution < -0.4 is 9.62 Å². The molecule has 0 aliphatic rings. The van der Waals surface area contributed by atoms with Crippen molar-refractivity contribution in [3.05, 3.63) is 59.9 Å². The predicted molar refractivity (Wildman–Crippen MR) is 100 cm³/mol. The molecule has 0 bridgehead atoms. The zero-order valence-corrected chi connectivity index (χ0v) is 15.9. The lowest BCUT2D eigenvalue weighted by molar-refractivity contribution is 0.0934. The molecular weight excluding hydrogens is 355 g/mol. The van der Waals surface area contributed by atoms with Crippen molar-refractivity contribution >= 4 is 21.6 Å². The fraction of sp³-hybridized carbons (Fsp3) is 0.316. The van der Waals surface area contributed by atoms with Crippen LogP contribution in [0, 0.1) is 5.82 Å². The number of nitrogens with zero attached hydrogens (tertiary/aromatic N) is 1. The Morgan fingerprint density at radius 3 is 2.31 bits per heavy atom. The van der Waals surface area contributed by atoms with Gasteiger partial charge in [0, 0.05) is 18.7 Å². The van der Waals surface area contributed by atoms with Gasteiger partial charge < -0.3 is 5.32 Å². The van der Waals surface area contributed by atoms with E-state index < -0.39 is 15.8 Å². The van der Waals surface area contributed by atoms with Crippen LogP contribution in [0.3, 0.4) is 0 Å². The molecule has 0 unspecified atom stereocenters. The summed E-state index contributed by atoms with van der Waals surface area (Å²) in [5, 5.41) is 2.89. The van der Waals surface area contributed by atoms with Crippen molar-refractivity contribution in [2.75, 3.05) is 11.4 Å². The van der Waals surface area contributed by atoms with Gasteiger partial charge >= 0.3 is 0 Å². The topological polar surface area (TPSA) is 66.5 Å². The second-order valence-corrected chi connectivity index (χ2v) is 7.93. The maximum absolute atomic E-state index is 13.1. The van der Waals surface area contributed by atoms with E-state index in [2.05, 4.69) is 5.32 Å². The van der Waals surface area contributed by atoms with E-state index in [1.54, 1.807) is 6.07 Å². The molecule has 0 radical (unpaired) electrons. The SMILES string of the molecule is CCC(CC)NC(=O)c1cccc(S(=O)(=O)N(C)c2ccc(F)cc2)c1. The van der Waals surface area contributed by atoms with Crippen LogP contribution in [-0.4, -0.2) is 27.4 Å². The number of hydrogen-bond acceptors (Lipinski definition) is 3. The van der Waals surface area contributed by atoms with E-state index in [9.17, 15) is 17.6 Å². The molecule has 7 heteroatoms. The lowest BCUT2D eigenvalue weighted by atomic mass is 10.1. The molecule has 0 aliphatic carbocycles. The zero-order chi connectivity index (χ0) is 19.3. The molecule has 0 spiro atoms. The van der Waals surface area contributed by atoms with Crippen molar-refractivity contribution in [2.24, 2.45) is 0 Å². The number of hydrogen-bond donors (Lipinski definition) is 1. The highest BCUT2D eigenvalue weighted by Crippen LogP contribution is 2.23. The van der Waals surface area contributed by atoms with Gasteiger partial charge in [-0.25, -0.2) is 12.8 Å². The smallest absolute Gasteiger partial charge is 0.264 e. The molecule has 0 aromatic heterocycles. The maximum Gasteiger partial charge on any atom is 0.264 e. The fourth-order valence-corrected chi connectivity index (χ4v) is 3.75. The van der Waals surface area contributed by atoms with Crippen LogP contribution >= 0.6 is 0 Å². The number of carbonyl (C=O) groups excluding carboxylic acids is 1. The van der Waals surface area contributed by atoms with Crippen LogP contribution in [0.15, 0.2) is 53.4 Å². The molecule has 0 saturated heterocycles. The van der Waals surface area contributed by atoms with Gasteiger partial charge in [-0.15, -0.1) is 0 Å².